The Labute approximate surface area is 110 Å². The van der Waals surface area contributed by atoms with E-state index in [-0.39, 0.29) is 0 Å². The Morgan fingerprint density at radius 2 is 2.21 bits per heavy atom. The van der Waals surface area contributed by atoms with Crippen molar-refractivity contribution < 1.29 is 0 Å². The first kappa shape index (κ1) is 10.5. The van der Waals surface area contributed by atoms with Crippen molar-refractivity contribution in [2.45, 2.75) is 12.8 Å². The molecule has 1 aliphatic rings. The molecular formula is C14H13N5. The summed E-state index contributed by atoms with van der Waals surface area (Å²) in [4.78, 5) is 4.07. The third kappa shape index (κ3) is 1.58. The van der Waals surface area contributed by atoms with E-state index in [9.17, 15) is 0 Å². The van der Waals surface area contributed by atoms with Crippen LogP contribution in [0.15, 0.2) is 36.8 Å². The van der Waals surface area contributed by atoms with E-state index in [2.05, 4.69) is 38.7 Å². The minimum Gasteiger partial charge on any atom is -0.385 e. The van der Waals surface area contributed by atoms with E-state index in [0.29, 0.717) is 0 Å². The summed E-state index contributed by atoms with van der Waals surface area (Å²) in [5.41, 5.74) is 4.48. The zero-order valence-corrected chi connectivity index (χ0v) is 10.4. The highest BCUT2D eigenvalue weighted by Crippen LogP contribution is 2.31. The molecule has 0 saturated carbocycles. The summed E-state index contributed by atoms with van der Waals surface area (Å²) in [6.07, 6.45) is 7.62. The van der Waals surface area contributed by atoms with E-state index in [1.807, 2.05) is 10.6 Å². The first-order valence-electron chi connectivity index (χ1n) is 6.44. The topological polar surface area (TPSA) is 55.1 Å². The molecule has 5 nitrogen and oxygen atoms in total. The normalized spacial score (nSPS) is 14.1. The molecule has 0 radical (unpaired) electrons. The molecular weight excluding hydrogens is 238 g/mol. The van der Waals surface area contributed by atoms with Gasteiger partial charge in [-0.25, -0.2) is 0 Å². The number of anilines is 1. The molecule has 0 bridgehead atoms. The second-order valence-electron chi connectivity index (χ2n) is 4.69. The predicted molar refractivity (Wildman–Crippen MR) is 73.0 cm³/mol. The molecule has 94 valence electrons. The SMILES string of the molecule is c1cc2c(c(-c3nnc4cnccn34)c1)CCCN2. The number of benzene rings is 1. The average molecular weight is 251 g/mol. The second-order valence-corrected chi connectivity index (χ2v) is 4.69. The summed E-state index contributed by atoms with van der Waals surface area (Å²) in [6, 6.07) is 6.31. The molecule has 4 rings (SSSR count). The lowest BCUT2D eigenvalue weighted by atomic mass is 9.97. The summed E-state index contributed by atoms with van der Waals surface area (Å²) in [6.45, 7) is 1.04. The summed E-state index contributed by atoms with van der Waals surface area (Å²) < 4.78 is 1.98. The Kier molecular flexibility index (Phi) is 2.24. The highest BCUT2D eigenvalue weighted by atomic mass is 15.2. The molecule has 1 N–H and O–H groups in total. The fraction of sp³-hybridized carbons (Fsp3) is 0.214. The van der Waals surface area contributed by atoms with E-state index >= 15 is 0 Å². The number of aromatic nitrogens is 4. The number of hydrogen-bond donors (Lipinski definition) is 1. The van der Waals surface area contributed by atoms with Gasteiger partial charge in [-0.1, -0.05) is 12.1 Å². The van der Waals surface area contributed by atoms with Gasteiger partial charge in [0.2, 0.25) is 0 Å². The van der Waals surface area contributed by atoms with Crippen molar-refractivity contribution in [3.63, 3.8) is 0 Å². The van der Waals surface area contributed by atoms with Crippen LogP contribution in [0.2, 0.25) is 0 Å². The van der Waals surface area contributed by atoms with E-state index < -0.39 is 0 Å². The fourth-order valence-electron chi connectivity index (χ4n) is 2.66. The Morgan fingerprint density at radius 1 is 1.21 bits per heavy atom. The summed E-state index contributed by atoms with van der Waals surface area (Å²) >= 11 is 0. The third-order valence-electron chi connectivity index (χ3n) is 3.55. The maximum Gasteiger partial charge on any atom is 0.179 e. The van der Waals surface area contributed by atoms with E-state index in [1.54, 1.807) is 12.4 Å². The van der Waals surface area contributed by atoms with Crippen LogP contribution in [0.25, 0.3) is 17.0 Å². The van der Waals surface area contributed by atoms with Gasteiger partial charge in [0.05, 0.1) is 6.20 Å². The van der Waals surface area contributed by atoms with Crippen molar-refractivity contribution in [1.29, 1.82) is 0 Å². The van der Waals surface area contributed by atoms with Crippen LogP contribution in [0.3, 0.4) is 0 Å². The Balaban J connectivity index is 1.97. The summed E-state index contributed by atoms with van der Waals surface area (Å²) in [5.74, 6) is 0.887. The van der Waals surface area contributed by atoms with Crippen molar-refractivity contribution in [2.24, 2.45) is 0 Å². The van der Waals surface area contributed by atoms with Gasteiger partial charge in [0.1, 0.15) is 0 Å². The zero-order valence-electron chi connectivity index (χ0n) is 10.4. The number of hydrogen-bond acceptors (Lipinski definition) is 4. The maximum atomic E-state index is 4.32. The standard InChI is InChI=1S/C14H13N5/c1-3-11(10-4-2-6-16-12(10)5-1)14-18-17-13-9-15-7-8-19(13)14/h1,3,5,7-9,16H,2,4,6H2. The van der Waals surface area contributed by atoms with Gasteiger partial charge < -0.3 is 5.32 Å². The molecule has 0 atom stereocenters. The van der Waals surface area contributed by atoms with Crippen LogP contribution in [0.1, 0.15) is 12.0 Å². The number of nitrogens with zero attached hydrogens (tertiary/aromatic N) is 4. The van der Waals surface area contributed by atoms with Gasteiger partial charge in [0.15, 0.2) is 11.5 Å². The molecule has 5 heteroatoms. The van der Waals surface area contributed by atoms with E-state index in [1.165, 1.54) is 11.3 Å². The number of rotatable bonds is 1. The molecule has 1 aliphatic heterocycles. The van der Waals surface area contributed by atoms with Crippen LogP contribution in [0, 0.1) is 0 Å². The van der Waals surface area contributed by atoms with Crippen LogP contribution in [-0.4, -0.2) is 26.1 Å². The van der Waals surface area contributed by atoms with Crippen LogP contribution in [0.5, 0.6) is 0 Å². The largest absolute Gasteiger partial charge is 0.385 e. The molecule has 19 heavy (non-hydrogen) atoms. The molecule has 0 aliphatic carbocycles. The van der Waals surface area contributed by atoms with Crippen LogP contribution in [-0.2, 0) is 6.42 Å². The highest BCUT2D eigenvalue weighted by molar-refractivity contribution is 5.72. The van der Waals surface area contributed by atoms with Gasteiger partial charge in [-0.05, 0) is 24.5 Å². The van der Waals surface area contributed by atoms with E-state index in [0.717, 1.165) is 36.4 Å². The first-order valence-corrected chi connectivity index (χ1v) is 6.44. The summed E-state index contributed by atoms with van der Waals surface area (Å²) in [7, 11) is 0. The van der Waals surface area contributed by atoms with Gasteiger partial charge in [-0.15, -0.1) is 10.2 Å². The lowest BCUT2D eigenvalue weighted by molar-refractivity contribution is 0.830. The third-order valence-corrected chi connectivity index (χ3v) is 3.55. The summed E-state index contributed by atoms with van der Waals surface area (Å²) in [5, 5.41) is 11.9. The number of nitrogens with one attached hydrogen (secondary N) is 1. The quantitative estimate of drug-likeness (QED) is 0.720. The molecule has 3 heterocycles. The van der Waals surface area contributed by atoms with Crippen molar-refractivity contribution >= 4 is 11.3 Å². The smallest absolute Gasteiger partial charge is 0.179 e. The monoisotopic (exact) mass is 251 g/mol. The Morgan fingerprint density at radius 3 is 3.21 bits per heavy atom. The minimum atomic E-state index is 0.777. The van der Waals surface area contributed by atoms with Crippen molar-refractivity contribution in [1.82, 2.24) is 19.6 Å². The van der Waals surface area contributed by atoms with Gasteiger partial charge in [0, 0.05) is 30.2 Å². The molecule has 0 spiro atoms. The van der Waals surface area contributed by atoms with Gasteiger partial charge in [-0.2, -0.15) is 0 Å². The lowest BCUT2D eigenvalue weighted by Crippen LogP contribution is -2.12. The maximum absolute atomic E-state index is 4.32. The Bertz CT molecular complexity index is 746. The zero-order chi connectivity index (χ0) is 12.7. The van der Waals surface area contributed by atoms with Crippen LogP contribution < -0.4 is 5.32 Å². The molecule has 2 aromatic heterocycles. The molecule has 0 saturated heterocycles. The fourth-order valence-corrected chi connectivity index (χ4v) is 2.66. The van der Waals surface area contributed by atoms with Crippen molar-refractivity contribution in [2.75, 3.05) is 11.9 Å². The average Bonchev–Trinajstić information content (AvgIpc) is 2.90. The van der Waals surface area contributed by atoms with Gasteiger partial charge in [0.25, 0.3) is 0 Å². The molecule has 0 fully saturated rings. The predicted octanol–water partition coefficient (Wildman–Crippen LogP) is 2.15. The first-order chi connectivity index (χ1) is 9.43. The van der Waals surface area contributed by atoms with Gasteiger partial charge >= 0.3 is 0 Å². The molecule has 0 unspecified atom stereocenters. The van der Waals surface area contributed by atoms with Crippen LogP contribution >= 0.6 is 0 Å². The molecule has 0 amide bonds. The van der Waals surface area contributed by atoms with Crippen LogP contribution in [0.4, 0.5) is 5.69 Å². The molecule has 1 aromatic carbocycles. The Hall–Kier alpha value is -2.43. The minimum absolute atomic E-state index is 0.777. The van der Waals surface area contributed by atoms with Gasteiger partial charge in [-0.3, -0.25) is 9.38 Å². The molecule has 3 aromatic rings. The van der Waals surface area contributed by atoms with E-state index in [4.69, 9.17) is 0 Å². The second kappa shape index (κ2) is 4.05. The highest BCUT2D eigenvalue weighted by Gasteiger charge is 2.17. The lowest BCUT2D eigenvalue weighted by Gasteiger charge is -2.20. The van der Waals surface area contributed by atoms with Crippen molar-refractivity contribution in [3.05, 3.63) is 42.4 Å². The van der Waals surface area contributed by atoms with Crippen molar-refractivity contribution in [3.8, 4) is 11.4 Å². The number of fused-ring (bicyclic) bond motifs is 2.